The highest BCUT2D eigenvalue weighted by atomic mass is 16.5. The molecule has 0 amide bonds. The van der Waals surface area contributed by atoms with E-state index >= 15 is 0 Å². The fraction of sp³-hybridized carbons (Fsp3) is 0.500. The molecule has 1 aliphatic heterocycles. The number of methoxy groups -OCH3 is 2. The van der Waals surface area contributed by atoms with Crippen LogP contribution in [0.5, 0.6) is 0 Å². The van der Waals surface area contributed by atoms with Crippen molar-refractivity contribution >= 4 is 11.7 Å². The van der Waals surface area contributed by atoms with Gasteiger partial charge in [0.15, 0.2) is 0 Å². The largest absolute Gasteiger partial charge is 0.382 e. The molecule has 6 nitrogen and oxygen atoms in total. The van der Waals surface area contributed by atoms with Crippen LogP contribution in [-0.4, -0.2) is 50.3 Å². The number of rotatable bonds is 4. The van der Waals surface area contributed by atoms with Gasteiger partial charge in [0.25, 0.3) is 0 Å². The summed E-state index contributed by atoms with van der Waals surface area (Å²) in [6, 6.07) is 5.47. The molecule has 3 N–H and O–H groups in total. The van der Waals surface area contributed by atoms with Gasteiger partial charge in [0.1, 0.15) is 29.6 Å². The maximum absolute atomic E-state index is 7.40. The Balaban J connectivity index is 2.18. The Morgan fingerprint density at radius 3 is 2.44 bits per heavy atom. The second-order valence-corrected chi connectivity index (χ2v) is 4.25. The lowest BCUT2D eigenvalue weighted by atomic mass is 10.3. The molecule has 2 unspecified atom stereocenters. The minimum Gasteiger partial charge on any atom is -0.382 e. The van der Waals surface area contributed by atoms with Crippen LogP contribution in [0.2, 0.25) is 0 Å². The Morgan fingerprint density at radius 2 is 1.94 bits per heavy atom. The number of nitrogens with two attached hydrogens (primary N) is 1. The number of nitrogen functional groups attached to an aromatic ring is 1. The average molecular weight is 250 g/mol. The summed E-state index contributed by atoms with van der Waals surface area (Å²) < 4.78 is 10.8. The van der Waals surface area contributed by atoms with Gasteiger partial charge in [-0.2, -0.15) is 0 Å². The quantitative estimate of drug-likeness (QED) is 0.589. The van der Waals surface area contributed by atoms with Gasteiger partial charge in [-0.25, -0.2) is 4.98 Å². The van der Waals surface area contributed by atoms with Gasteiger partial charge in [-0.05, 0) is 12.1 Å². The van der Waals surface area contributed by atoms with Gasteiger partial charge in [0.2, 0.25) is 0 Å². The minimum absolute atomic E-state index is 0.0253. The highest BCUT2D eigenvalue weighted by molar-refractivity contribution is 5.93. The fourth-order valence-corrected chi connectivity index (χ4v) is 2.13. The van der Waals surface area contributed by atoms with E-state index in [1.165, 1.54) is 0 Å². The Hall–Kier alpha value is -1.66. The van der Waals surface area contributed by atoms with Crippen molar-refractivity contribution in [1.29, 1.82) is 5.41 Å². The summed E-state index contributed by atoms with van der Waals surface area (Å²) in [5, 5.41) is 7.40. The van der Waals surface area contributed by atoms with E-state index in [1.807, 2.05) is 12.1 Å². The molecule has 1 saturated heterocycles. The molecule has 0 spiro atoms. The van der Waals surface area contributed by atoms with Crippen molar-refractivity contribution < 1.29 is 9.47 Å². The van der Waals surface area contributed by atoms with Crippen molar-refractivity contribution in [2.24, 2.45) is 5.73 Å². The first-order valence-corrected chi connectivity index (χ1v) is 5.77. The second-order valence-electron chi connectivity index (χ2n) is 4.25. The van der Waals surface area contributed by atoms with Crippen LogP contribution in [-0.2, 0) is 9.47 Å². The van der Waals surface area contributed by atoms with Crippen LogP contribution in [0, 0.1) is 5.41 Å². The predicted octanol–water partition coefficient (Wildman–Crippen LogP) is 0.216. The van der Waals surface area contributed by atoms with Gasteiger partial charge >= 0.3 is 0 Å². The summed E-state index contributed by atoms with van der Waals surface area (Å²) >= 11 is 0. The van der Waals surface area contributed by atoms with Crippen molar-refractivity contribution in [1.82, 2.24) is 4.98 Å². The molecule has 18 heavy (non-hydrogen) atoms. The van der Waals surface area contributed by atoms with Crippen LogP contribution < -0.4 is 10.6 Å². The van der Waals surface area contributed by atoms with E-state index in [0.717, 1.165) is 18.9 Å². The number of pyridine rings is 1. The number of nitrogens with zero attached hydrogens (tertiary/aromatic N) is 2. The predicted molar refractivity (Wildman–Crippen MR) is 69.1 cm³/mol. The molecule has 1 aliphatic rings. The van der Waals surface area contributed by atoms with Crippen molar-refractivity contribution in [2.75, 3.05) is 32.2 Å². The minimum atomic E-state index is -0.0253. The third-order valence-corrected chi connectivity index (χ3v) is 3.16. The van der Waals surface area contributed by atoms with Crippen LogP contribution >= 0.6 is 0 Å². The molecule has 1 aromatic heterocycles. The van der Waals surface area contributed by atoms with Gasteiger partial charge in [-0.15, -0.1) is 0 Å². The topological polar surface area (TPSA) is 84.5 Å². The highest BCUT2D eigenvalue weighted by Crippen LogP contribution is 2.21. The first-order valence-electron chi connectivity index (χ1n) is 5.77. The van der Waals surface area contributed by atoms with Crippen LogP contribution in [0.1, 0.15) is 5.69 Å². The van der Waals surface area contributed by atoms with Crippen molar-refractivity contribution in [2.45, 2.75) is 12.2 Å². The summed E-state index contributed by atoms with van der Waals surface area (Å²) in [5.74, 6) is 0.770. The molecule has 2 heterocycles. The monoisotopic (exact) mass is 250 g/mol. The summed E-state index contributed by atoms with van der Waals surface area (Å²) in [6.45, 7) is 1.45. The number of amidine groups is 1. The molecule has 6 heteroatoms. The molecule has 0 aliphatic carbocycles. The average Bonchev–Trinajstić information content (AvgIpc) is 2.82. The third kappa shape index (κ3) is 2.44. The zero-order chi connectivity index (χ0) is 13.1. The summed E-state index contributed by atoms with van der Waals surface area (Å²) in [6.07, 6.45) is 0.0792. The second kappa shape index (κ2) is 5.32. The molecular weight excluding hydrogens is 232 g/mol. The number of aromatic nitrogens is 1. The molecule has 2 rings (SSSR count). The van der Waals surface area contributed by atoms with Gasteiger partial charge < -0.3 is 20.1 Å². The zero-order valence-corrected chi connectivity index (χ0v) is 10.6. The number of hydrogen-bond donors (Lipinski definition) is 2. The van der Waals surface area contributed by atoms with Crippen LogP contribution in [0.15, 0.2) is 18.2 Å². The molecule has 0 bridgehead atoms. The highest BCUT2D eigenvalue weighted by Gasteiger charge is 2.33. The number of hydrogen-bond acceptors (Lipinski definition) is 5. The first-order chi connectivity index (χ1) is 8.65. The zero-order valence-electron chi connectivity index (χ0n) is 10.6. The molecular formula is C12H18N4O2. The first kappa shape index (κ1) is 12.8. The van der Waals surface area contributed by atoms with E-state index in [0.29, 0.717) is 5.69 Å². The Labute approximate surface area is 106 Å². The fourth-order valence-electron chi connectivity index (χ4n) is 2.13. The van der Waals surface area contributed by atoms with Gasteiger partial charge in [0, 0.05) is 27.3 Å². The van der Waals surface area contributed by atoms with E-state index in [-0.39, 0.29) is 18.0 Å². The van der Waals surface area contributed by atoms with Gasteiger partial charge in [0.05, 0.1) is 0 Å². The van der Waals surface area contributed by atoms with Crippen LogP contribution in [0.3, 0.4) is 0 Å². The lowest BCUT2D eigenvalue weighted by Crippen LogP contribution is -2.27. The van der Waals surface area contributed by atoms with Crippen molar-refractivity contribution in [3.63, 3.8) is 0 Å². The third-order valence-electron chi connectivity index (χ3n) is 3.16. The lowest BCUT2D eigenvalue weighted by molar-refractivity contribution is -0.00461. The summed E-state index contributed by atoms with van der Waals surface area (Å²) in [5.41, 5.74) is 5.93. The van der Waals surface area contributed by atoms with Gasteiger partial charge in [-0.3, -0.25) is 5.41 Å². The molecule has 2 atom stereocenters. The van der Waals surface area contributed by atoms with E-state index in [9.17, 15) is 0 Å². The maximum Gasteiger partial charge on any atom is 0.141 e. The van der Waals surface area contributed by atoms with E-state index in [1.54, 1.807) is 20.3 Å². The van der Waals surface area contributed by atoms with Crippen LogP contribution in [0.4, 0.5) is 5.82 Å². The number of nitrogens with one attached hydrogen (secondary N) is 1. The summed E-state index contributed by atoms with van der Waals surface area (Å²) in [4.78, 5) is 6.44. The molecule has 98 valence electrons. The van der Waals surface area contributed by atoms with E-state index in [2.05, 4.69) is 9.88 Å². The van der Waals surface area contributed by atoms with Crippen molar-refractivity contribution in [3.05, 3.63) is 23.9 Å². The standard InChI is InChI=1S/C12H18N4O2/c1-17-9-6-16(7-10(9)18-2)11-5-3-4-8(15-11)12(13)14/h3-5,9-10H,6-7H2,1-2H3,(H3,13,14). The Morgan fingerprint density at radius 1 is 1.33 bits per heavy atom. The summed E-state index contributed by atoms with van der Waals surface area (Å²) in [7, 11) is 3.36. The van der Waals surface area contributed by atoms with Crippen molar-refractivity contribution in [3.8, 4) is 0 Å². The van der Waals surface area contributed by atoms with E-state index < -0.39 is 0 Å². The normalized spacial score (nSPS) is 23.3. The molecule has 0 radical (unpaired) electrons. The maximum atomic E-state index is 7.40. The lowest BCUT2D eigenvalue weighted by Gasteiger charge is -2.17. The molecule has 1 aromatic rings. The smallest absolute Gasteiger partial charge is 0.141 e. The van der Waals surface area contributed by atoms with E-state index in [4.69, 9.17) is 20.6 Å². The SMILES string of the molecule is COC1CN(c2cccc(C(=N)N)n2)CC1OC. The van der Waals surface area contributed by atoms with Gasteiger partial charge in [-0.1, -0.05) is 6.07 Å². The Kier molecular flexibility index (Phi) is 3.78. The molecule has 1 fully saturated rings. The molecule has 0 aromatic carbocycles. The molecule has 0 saturated carbocycles. The number of anilines is 1. The van der Waals surface area contributed by atoms with Crippen LogP contribution in [0.25, 0.3) is 0 Å². The number of ether oxygens (including phenoxy) is 2. The Bertz CT molecular complexity index is 426.